The number of hydrogen-bond donors (Lipinski definition) is 1. The number of H-pyrrole nitrogens is 1. The van der Waals surface area contributed by atoms with Crippen LogP contribution in [0.25, 0.3) is 11.5 Å². The Morgan fingerprint density at radius 2 is 2.33 bits per heavy atom. The normalized spacial score (nSPS) is 13.8. The molecule has 0 amide bonds. The first-order valence-corrected chi connectivity index (χ1v) is 6.29. The molecule has 18 heavy (non-hydrogen) atoms. The fourth-order valence-corrected chi connectivity index (χ4v) is 2.61. The Balaban J connectivity index is 2.08. The third kappa shape index (κ3) is 1.65. The van der Waals surface area contributed by atoms with E-state index in [9.17, 15) is 0 Å². The molecule has 0 unspecified atom stereocenters. The Hall–Kier alpha value is -1.67. The minimum Gasteiger partial charge on any atom is -0.311 e. The molecule has 0 atom stereocenters. The fraction of sp³-hybridized carbons (Fsp3) is 0.400. The Bertz CT molecular complexity index is 589. The second-order valence-corrected chi connectivity index (χ2v) is 4.75. The molecule has 0 aliphatic heterocycles. The van der Waals surface area contributed by atoms with E-state index in [2.05, 4.69) is 32.2 Å². The molecule has 0 fully saturated rings. The largest absolute Gasteiger partial charge is 0.311 e. The van der Waals surface area contributed by atoms with Gasteiger partial charge in [-0.1, -0.05) is 0 Å². The zero-order chi connectivity index (χ0) is 12.5. The maximum absolute atomic E-state index is 4.97. The number of nitrogens with zero attached hydrogens (tertiary/aromatic N) is 5. The lowest BCUT2D eigenvalue weighted by atomic mass is 10.2. The molecule has 0 saturated heterocycles. The van der Waals surface area contributed by atoms with Crippen molar-refractivity contribution in [3.05, 3.63) is 11.3 Å². The van der Waals surface area contributed by atoms with Crippen LogP contribution >= 0.6 is 12.0 Å². The standard InChI is InChI=1S/C10H12N6OS/c1-11-16-9(14-15-10(16)18-17-2)8-6-4-3-5-7(6)12-13-8/h1,3-5H2,2H3,(H,12,13). The summed E-state index contributed by atoms with van der Waals surface area (Å²) < 4.78 is 6.53. The van der Waals surface area contributed by atoms with Crippen LogP contribution in [-0.4, -0.2) is 38.9 Å². The van der Waals surface area contributed by atoms with Crippen LogP contribution in [0.1, 0.15) is 17.7 Å². The summed E-state index contributed by atoms with van der Waals surface area (Å²) >= 11 is 1.10. The van der Waals surface area contributed by atoms with Crippen molar-refractivity contribution in [3.63, 3.8) is 0 Å². The summed E-state index contributed by atoms with van der Waals surface area (Å²) in [6.07, 6.45) is 3.16. The van der Waals surface area contributed by atoms with Gasteiger partial charge in [-0.15, -0.1) is 10.2 Å². The minimum absolute atomic E-state index is 0.545. The van der Waals surface area contributed by atoms with E-state index in [-0.39, 0.29) is 0 Å². The summed E-state index contributed by atoms with van der Waals surface area (Å²) in [4.78, 5) is 0. The van der Waals surface area contributed by atoms with Gasteiger partial charge >= 0.3 is 0 Å². The molecule has 8 heteroatoms. The first-order valence-electron chi connectivity index (χ1n) is 5.54. The summed E-state index contributed by atoms with van der Waals surface area (Å²) in [5.41, 5.74) is 3.20. The van der Waals surface area contributed by atoms with Crippen molar-refractivity contribution in [2.75, 3.05) is 7.11 Å². The topological polar surface area (TPSA) is 81.0 Å². The van der Waals surface area contributed by atoms with Crippen LogP contribution in [0.2, 0.25) is 0 Å². The van der Waals surface area contributed by atoms with Gasteiger partial charge in [-0.25, -0.2) is 0 Å². The summed E-state index contributed by atoms with van der Waals surface area (Å²) in [7, 11) is 1.57. The molecule has 1 aliphatic rings. The van der Waals surface area contributed by atoms with E-state index in [0.717, 1.165) is 42.7 Å². The van der Waals surface area contributed by atoms with Gasteiger partial charge in [0, 0.05) is 12.3 Å². The highest BCUT2D eigenvalue weighted by molar-refractivity contribution is 7.94. The number of fused-ring (bicyclic) bond motifs is 1. The summed E-state index contributed by atoms with van der Waals surface area (Å²) in [6, 6.07) is 0. The molecule has 7 nitrogen and oxygen atoms in total. The van der Waals surface area contributed by atoms with Gasteiger partial charge in [0.05, 0.1) is 24.8 Å². The molecule has 0 spiro atoms. The molecule has 2 aromatic rings. The molecule has 0 saturated carbocycles. The van der Waals surface area contributed by atoms with E-state index in [4.69, 9.17) is 4.18 Å². The molecule has 1 aliphatic carbocycles. The first-order chi connectivity index (χ1) is 8.85. The Labute approximate surface area is 108 Å². The van der Waals surface area contributed by atoms with Crippen LogP contribution in [0.3, 0.4) is 0 Å². The Morgan fingerprint density at radius 3 is 3.11 bits per heavy atom. The van der Waals surface area contributed by atoms with Gasteiger partial charge in [-0.05, 0) is 19.3 Å². The van der Waals surface area contributed by atoms with Crippen molar-refractivity contribution in [2.24, 2.45) is 5.10 Å². The third-order valence-corrected chi connectivity index (χ3v) is 3.50. The smallest absolute Gasteiger partial charge is 0.239 e. The Kier molecular flexibility index (Phi) is 2.88. The molecule has 94 valence electrons. The lowest BCUT2D eigenvalue weighted by Crippen LogP contribution is -1.96. The van der Waals surface area contributed by atoms with E-state index in [1.165, 1.54) is 5.56 Å². The van der Waals surface area contributed by atoms with Crippen LogP contribution in [0.15, 0.2) is 10.3 Å². The predicted molar refractivity (Wildman–Crippen MR) is 67.4 cm³/mol. The second-order valence-electron chi connectivity index (χ2n) is 3.89. The Morgan fingerprint density at radius 1 is 1.44 bits per heavy atom. The average molecular weight is 264 g/mol. The summed E-state index contributed by atoms with van der Waals surface area (Å²) in [5, 5.41) is 19.9. The van der Waals surface area contributed by atoms with Gasteiger partial charge in [-0.3, -0.25) is 5.10 Å². The SMILES string of the molecule is C=Nn1c(SOC)nnc1-c1[nH]nc2c1CCC2. The number of rotatable bonds is 4. The van der Waals surface area contributed by atoms with Crippen molar-refractivity contribution in [1.82, 2.24) is 25.1 Å². The van der Waals surface area contributed by atoms with Gasteiger partial charge in [0.25, 0.3) is 0 Å². The lowest BCUT2D eigenvalue weighted by molar-refractivity contribution is 0.483. The maximum atomic E-state index is 4.97. The molecule has 0 bridgehead atoms. The van der Waals surface area contributed by atoms with E-state index in [1.54, 1.807) is 11.8 Å². The van der Waals surface area contributed by atoms with Gasteiger partial charge in [-0.2, -0.15) is 14.9 Å². The molecule has 1 N–H and O–H groups in total. The monoisotopic (exact) mass is 264 g/mol. The van der Waals surface area contributed by atoms with Crippen molar-refractivity contribution >= 4 is 18.8 Å². The van der Waals surface area contributed by atoms with Crippen molar-refractivity contribution < 1.29 is 4.18 Å². The quantitative estimate of drug-likeness (QED) is 0.664. The van der Waals surface area contributed by atoms with E-state index in [1.807, 2.05) is 0 Å². The highest BCUT2D eigenvalue weighted by Gasteiger charge is 2.24. The van der Waals surface area contributed by atoms with Crippen LogP contribution in [0.4, 0.5) is 0 Å². The highest BCUT2D eigenvalue weighted by atomic mass is 32.2. The number of aryl methyl sites for hydroxylation is 1. The van der Waals surface area contributed by atoms with E-state index >= 15 is 0 Å². The van der Waals surface area contributed by atoms with Crippen molar-refractivity contribution in [3.8, 4) is 11.5 Å². The van der Waals surface area contributed by atoms with Crippen LogP contribution in [-0.2, 0) is 17.0 Å². The molecular formula is C10H12N6OS. The molecular weight excluding hydrogens is 252 g/mol. The van der Waals surface area contributed by atoms with Gasteiger partial charge in [0.15, 0.2) is 0 Å². The van der Waals surface area contributed by atoms with Crippen molar-refractivity contribution in [2.45, 2.75) is 24.4 Å². The van der Waals surface area contributed by atoms with Crippen LogP contribution in [0, 0.1) is 0 Å². The third-order valence-electron chi connectivity index (χ3n) is 2.93. The highest BCUT2D eigenvalue weighted by Crippen LogP contribution is 2.30. The number of hydrogen-bond acceptors (Lipinski definition) is 6. The van der Waals surface area contributed by atoms with Gasteiger partial charge in [0.2, 0.25) is 11.0 Å². The molecule has 3 rings (SSSR count). The average Bonchev–Trinajstić information content (AvgIpc) is 3.02. The number of aromatic amines is 1. The van der Waals surface area contributed by atoms with Crippen LogP contribution in [0.5, 0.6) is 0 Å². The number of aromatic nitrogens is 5. The zero-order valence-electron chi connectivity index (χ0n) is 9.88. The second kappa shape index (κ2) is 4.54. The van der Waals surface area contributed by atoms with E-state index < -0.39 is 0 Å². The maximum Gasteiger partial charge on any atom is 0.239 e. The number of nitrogens with one attached hydrogen (secondary N) is 1. The molecule has 2 heterocycles. The summed E-state index contributed by atoms with van der Waals surface area (Å²) in [5.74, 6) is 0.625. The molecule has 2 aromatic heterocycles. The summed E-state index contributed by atoms with van der Waals surface area (Å²) in [6.45, 7) is 3.54. The lowest BCUT2D eigenvalue weighted by Gasteiger charge is -2.01. The predicted octanol–water partition coefficient (Wildman–Crippen LogP) is 1.27. The van der Waals surface area contributed by atoms with Crippen LogP contribution < -0.4 is 0 Å². The first kappa shape index (κ1) is 11.4. The molecule has 0 aromatic carbocycles. The zero-order valence-corrected chi connectivity index (χ0v) is 10.7. The van der Waals surface area contributed by atoms with Gasteiger partial charge in [0.1, 0.15) is 5.69 Å². The molecule has 0 radical (unpaired) electrons. The van der Waals surface area contributed by atoms with Gasteiger partial charge < -0.3 is 4.18 Å². The fourth-order valence-electron chi connectivity index (χ4n) is 2.17. The van der Waals surface area contributed by atoms with Crippen molar-refractivity contribution in [1.29, 1.82) is 0 Å². The minimum atomic E-state index is 0.545. The van der Waals surface area contributed by atoms with E-state index in [0.29, 0.717) is 11.0 Å².